The summed E-state index contributed by atoms with van der Waals surface area (Å²) < 4.78 is 5.42. The van der Waals surface area contributed by atoms with Crippen molar-refractivity contribution in [2.75, 3.05) is 11.9 Å². The van der Waals surface area contributed by atoms with E-state index in [1.165, 1.54) is 18.2 Å². The third-order valence-corrected chi connectivity index (χ3v) is 5.24. The predicted octanol–water partition coefficient (Wildman–Crippen LogP) is 3.55. The fraction of sp³-hybridized carbons (Fsp3) is 0.250. The highest BCUT2D eigenvalue weighted by atomic mass is 32.2. The average molecular weight is 428 g/mol. The molecule has 0 aromatic heterocycles. The van der Waals surface area contributed by atoms with Crippen LogP contribution in [0.3, 0.4) is 0 Å². The van der Waals surface area contributed by atoms with Crippen molar-refractivity contribution in [1.29, 1.82) is 0 Å². The molecule has 1 aliphatic rings. The van der Waals surface area contributed by atoms with E-state index in [1.54, 1.807) is 6.92 Å². The predicted molar refractivity (Wildman–Crippen MR) is 115 cm³/mol. The normalized spacial score (nSPS) is 17.3. The molecule has 0 unspecified atom stereocenters. The smallest absolute Gasteiger partial charge is 0.273 e. The lowest BCUT2D eigenvalue weighted by molar-refractivity contribution is -0.384. The van der Waals surface area contributed by atoms with Gasteiger partial charge in [0.05, 0.1) is 29.0 Å². The number of thioether (sulfide) groups is 1. The Kier molecular flexibility index (Phi) is 6.68. The summed E-state index contributed by atoms with van der Waals surface area (Å²) >= 11 is 1.15. The Labute approximate surface area is 177 Å². The van der Waals surface area contributed by atoms with Crippen LogP contribution in [0.1, 0.15) is 18.9 Å². The molecule has 0 bridgehead atoms. The van der Waals surface area contributed by atoms with Crippen molar-refractivity contribution in [2.45, 2.75) is 25.5 Å². The molecule has 30 heavy (non-hydrogen) atoms. The van der Waals surface area contributed by atoms with Gasteiger partial charge >= 0.3 is 0 Å². The summed E-state index contributed by atoms with van der Waals surface area (Å²) in [5.41, 5.74) is 1.91. The molecule has 2 aromatic rings. The number of nitrogens with zero attached hydrogens (tertiary/aromatic N) is 2. The minimum absolute atomic E-state index is 0.0135. The highest BCUT2D eigenvalue weighted by Crippen LogP contribution is 2.31. The standard InChI is InChI=1S/C20H20N4O5S/c1-3-29-16-10-14(24(27)28)8-9-15(16)22-19(26)17-11-18(25)23-20(30-17)21-13-6-4-12(2)5-7-13/h4-10,17H,3,11H2,1-2H3,(H,22,26)(H,21,23,25)/t17-/m1/s1. The maximum Gasteiger partial charge on any atom is 0.273 e. The number of aryl methyl sites for hydroxylation is 1. The number of hydrogen-bond donors (Lipinski definition) is 2. The zero-order valence-corrected chi connectivity index (χ0v) is 17.2. The van der Waals surface area contributed by atoms with Crippen molar-refractivity contribution in [2.24, 2.45) is 4.99 Å². The number of nitro groups is 1. The highest BCUT2D eigenvalue weighted by molar-refractivity contribution is 8.15. The van der Waals surface area contributed by atoms with Crippen LogP contribution in [0.5, 0.6) is 5.75 Å². The van der Waals surface area contributed by atoms with Crippen LogP contribution in [0.2, 0.25) is 0 Å². The second-order valence-electron chi connectivity index (χ2n) is 6.47. The summed E-state index contributed by atoms with van der Waals surface area (Å²) in [6.07, 6.45) is -0.0135. The molecule has 1 fully saturated rings. The third-order valence-electron chi connectivity index (χ3n) is 4.16. The first-order valence-corrected chi connectivity index (χ1v) is 10.1. The molecule has 2 amide bonds. The van der Waals surface area contributed by atoms with E-state index in [9.17, 15) is 19.7 Å². The molecular formula is C20H20N4O5S. The van der Waals surface area contributed by atoms with Crippen LogP contribution in [-0.2, 0) is 9.59 Å². The number of nitrogens with one attached hydrogen (secondary N) is 2. The van der Waals surface area contributed by atoms with Gasteiger partial charge in [-0.15, -0.1) is 0 Å². The maximum absolute atomic E-state index is 12.8. The topological polar surface area (TPSA) is 123 Å². The number of aliphatic imine (C=N–C) groups is 1. The van der Waals surface area contributed by atoms with Crippen molar-refractivity contribution in [3.8, 4) is 5.75 Å². The van der Waals surface area contributed by atoms with Gasteiger partial charge in [0.1, 0.15) is 11.0 Å². The Morgan fingerprint density at radius 1 is 1.33 bits per heavy atom. The first-order valence-electron chi connectivity index (χ1n) is 9.19. The van der Waals surface area contributed by atoms with Crippen LogP contribution in [-0.4, -0.2) is 33.8 Å². The summed E-state index contributed by atoms with van der Waals surface area (Å²) in [6, 6.07) is 11.4. The van der Waals surface area contributed by atoms with E-state index in [0.717, 1.165) is 17.3 Å². The first kappa shape index (κ1) is 21.3. The van der Waals surface area contributed by atoms with E-state index in [2.05, 4.69) is 15.6 Å². The fourth-order valence-corrected chi connectivity index (χ4v) is 3.70. The second kappa shape index (κ2) is 9.40. The SMILES string of the molecule is CCOc1cc([N+](=O)[O-])ccc1NC(=O)[C@H]1CC(=O)NC(=Nc2ccc(C)cc2)S1. The number of benzene rings is 2. The molecule has 0 spiro atoms. The second-order valence-corrected chi connectivity index (χ2v) is 7.66. The quantitative estimate of drug-likeness (QED) is 0.536. The van der Waals surface area contributed by atoms with E-state index in [0.29, 0.717) is 16.5 Å². The zero-order chi connectivity index (χ0) is 21.7. The summed E-state index contributed by atoms with van der Waals surface area (Å²) in [5.74, 6) is -0.534. The van der Waals surface area contributed by atoms with Crippen molar-refractivity contribution < 1.29 is 19.2 Å². The van der Waals surface area contributed by atoms with Crippen LogP contribution in [0.15, 0.2) is 47.5 Å². The number of non-ortho nitro benzene ring substituents is 1. The van der Waals surface area contributed by atoms with Gasteiger partial charge in [0.2, 0.25) is 11.8 Å². The lowest BCUT2D eigenvalue weighted by Crippen LogP contribution is -2.41. The van der Waals surface area contributed by atoms with Gasteiger partial charge in [-0.2, -0.15) is 0 Å². The van der Waals surface area contributed by atoms with Gasteiger partial charge in [0, 0.05) is 12.5 Å². The van der Waals surface area contributed by atoms with Crippen molar-refractivity contribution in [3.63, 3.8) is 0 Å². The monoisotopic (exact) mass is 428 g/mol. The Morgan fingerprint density at radius 3 is 2.73 bits per heavy atom. The minimum Gasteiger partial charge on any atom is -0.491 e. The van der Waals surface area contributed by atoms with Gasteiger partial charge in [-0.25, -0.2) is 4.99 Å². The van der Waals surface area contributed by atoms with E-state index in [-0.39, 0.29) is 30.4 Å². The van der Waals surface area contributed by atoms with Gasteiger partial charge in [-0.1, -0.05) is 29.5 Å². The third kappa shape index (κ3) is 5.35. The molecule has 3 rings (SSSR count). The van der Waals surface area contributed by atoms with Crippen LogP contribution in [0.4, 0.5) is 17.1 Å². The molecule has 1 saturated heterocycles. The summed E-state index contributed by atoms with van der Waals surface area (Å²) in [5, 5.41) is 16.0. The Hall–Kier alpha value is -3.40. The van der Waals surface area contributed by atoms with Gasteiger partial charge in [-0.05, 0) is 32.0 Å². The minimum atomic E-state index is -0.701. The number of amides is 2. The molecule has 9 nitrogen and oxygen atoms in total. The van der Waals surface area contributed by atoms with E-state index in [4.69, 9.17) is 4.74 Å². The van der Waals surface area contributed by atoms with Crippen molar-refractivity contribution in [1.82, 2.24) is 5.32 Å². The van der Waals surface area contributed by atoms with Gasteiger partial charge in [-0.3, -0.25) is 19.7 Å². The molecular weight excluding hydrogens is 408 g/mol. The molecule has 2 aromatic carbocycles. The van der Waals surface area contributed by atoms with Crippen LogP contribution in [0, 0.1) is 17.0 Å². The average Bonchev–Trinajstić information content (AvgIpc) is 2.70. The van der Waals surface area contributed by atoms with E-state index < -0.39 is 16.1 Å². The summed E-state index contributed by atoms with van der Waals surface area (Å²) in [6.45, 7) is 3.97. The highest BCUT2D eigenvalue weighted by Gasteiger charge is 2.31. The lowest BCUT2D eigenvalue weighted by atomic mass is 10.2. The molecule has 2 N–H and O–H groups in total. The molecule has 0 radical (unpaired) electrons. The number of ether oxygens (including phenoxy) is 1. The van der Waals surface area contributed by atoms with Crippen LogP contribution in [0.25, 0.3) is 0 Å². The molecule has 1 aliphatic heterocycles. The number of nitro benzene ring substituents is 1. The number of rotatable bonds is 6. The molecule has 1 atom stereocenters. The molecule has 1 heterocycles. The Bertz CT molecular complexity index is 1010. The molecule has 156 valence electrons. The van der Waals surface area contributed by atoms with Gasteiger partial charge in [0.15, 0.2) is 5.17 Å². The summed E-state index contributed by atoms with van der Waals surface area (Å²) in [4.78, 5) is 39.7. The zero-order valence-electron chi connectivity index (χ0n) is 16.4. The first-order chi connectivity index (χ1) is 14.4. The van der Waals surface area contributed by atoms with Crippen molar-refractivity contribution >= 4 is 45.8 Å². The molecule has 0 aliphatic carbocycles. The number of amidine groups is 1. The number of carbonyl (C=O) groups excluding carboxylic acids is 2. The lowest BCUT2D eigenvalue weighted by Gasteiger charge is -2.22. The van der Waals surface area contributed by atoms with E-state index >= 15 is 0 Å². The molecule has 0 saturated carbocycles. The maximum atomic E-state index is 12.8. The van der Waals surface area contributed by atoms with Crippen LogP contribution < -0.4 is 15.4 Å². The van der Waals surface area contributed by atoms with Crippen LogP contribution >= 0.6 is 11.8 Å². The molecule has 10 heteroatoms. The Balaban J connectivity index is 1.76. The summed E-state index contributed by atoms with van der Waals surface area (Å²) in [7, 11) is 0. The number of anilines is 1. The van der Waals surface area contributed by atoms with Gasteiger partial charge in [0.25, 0.3) is 5.69 Å². The van der Waals surface area contributed by atoms with E-state index in [1.807, 2.05) is 31.2 Å². The van der Waals surface area contributed by atoms with Gasteiger partial charge < -0.3 is 15.4 Å². The largest absolute Gasteiger partial charge is 0.491 e. The Morgan fingerprint density at radius 2 is 2.07 bits per heavy atom. The number of carbonyl (C=O) groups is 2. The van der Waals surface area contributed by atoms with Crippen molar-refractivity contribution in [3.05, 3.63) is 58.1 Å². The number of hydrogen-bond acceptors (Lipinski definition) is 7. The fourth-order valence-electron chi connectivity index (χ4n) is 2.70.